The maximum atomic E-state index is 14.0. The summed E-state index contributed by atoms with van der Waals surface area (Å²) in [5.74, 6) is -1.13. The molecule has 8 nitrogen and oxygen atoms in total. The van der Waals surface area contributed by atoms with E-state index in [1.807, 2.05) is 11.9 Å². The number of carbonyl (C=O) groups is 2. The van der Waals surface area contributed by atoms with Crippen LogP contribution in [0, 0.1) is 6.92 Å². The molecule has 1 aliphatic heterocycles. The van der Waals surface area contributed by atoms with Gasteiger partial charge in [0.25, 0.3) is 11.8 Å². The first kappa shape index (κ1) is 28.6. The molecule has 1 fully saturated rings. The first-order chi connectivity index (χ1) is 19.5. The van der Waals surface area contributed by atoms with E-state index in [0.29, 0.717) is 35.4 Å². The van der Waals surface area contributed by atoms with E-state index in [1.54, 1.807) is 25.3 Å². The Morgan fingerprint density at radius 2 is 1.78 bits per heavy atom. The number of benzene rings is 2. The highest BCUT2D eigenvalue weighted by atomic mass is 35.5. The number of alkyl halides is 3. The highest BCUT2D eigenvalue weighted by Crippen LogP contribution is 2.35. The standard InChI is InChI=1S/C29H28ClF3N6O2/c1-17-3-4-18(13-24(17)37-28(41)22-15-35-26-21(25(22)30)7-8-34-26)27(40)36-20-6-5-19(23(14-20)29(31,32)33)16-39-11-9-38(2)10-12-39/h3-8,13-15H,9-12,16H2,1-2H3,(H,34,35)(H,36,40)(H,37,41). The molecular weight excluding hydrogens is 557 g/mol. The molecule has 3 heterocycles. The van der Waals surface area contributed by atoms with Crippen LogP contribution in [0.25, 0.3) is 11.0 Å². The van der Waals surface area contributed by atoms with Gasteiger partial charge in [0.1, 0.15) is 5.65 Å². The van der Waals surface area contributed by atoms with Gasteiger partial charge in [-0.05, 0) is 55.4 Å². The number of aromatic amines is 1. The van der Waals surface area contributed by atoms with E-state index in [9.17, 15) is 22.8 Å². The number of nitrogens with one attached hydrogen (secondary N) is 3. The number of hydrogen-bond acceptors (Lipinski definition) is 5. The Morgan fingerprint density at radius 3 is 2.51 bits per heavy atom. The molecule has 2 aromatic heterocycles. The second-order valence-corrected chi connectivity index (χ2v) is 10.5. The largest absolute Gasteiger partial charge is 0.416 e. The van der Waals surface area contributed by atoms with Gasteiger partial charge < -0.3 is 20.5 Å². The van der Waals surface area contributed by atoms with Crippen LogP contribution in [0.3, 0.4) is 0 Å². The monoisotopic (exact) mass is 584 g/mol. The molecule has 41 heavy (non-hydrogen) atoms. The number of piperazine rings is 1. The molecule has 0 spiro atoms. The van der Waals surface area contributed by atoms with Gasteiger partial charge in [-0.15, -0.1) is 0 Å². The molecule has 12 heteroatoms. The maximum Gasteiger partial charge on any atom is 0.416 e. The Morgan fingerprint density at radius 1 is 1.02 bits per heavy atom. The molecule has 0 aliphatic carbocycles. The number of aryl methyl sites for hydroxylation is 1. The van der Waals surface area contributed by atoms with E-state index in [0.717, 1.165) is 19.2 Å². The number of aromatic nitrogens is 2. The van der Waals surface area contributed by atoms with Crippen LogP contribution in [-0.2, 0) is 12.7 Å². The van der Waals surface area contributed by atoms with Gasteiger partial charge in [0, 0.05) is 67.4 Å². The average molecular weight is 585 g/mol. The minimum atomic E-state index is -4.58. The summed E-state index contributed by atoms with van der Waals surface area (Å²) < 4.78 is 41.9. The zero-order chi connectivity index (χ0) is 29.3. The highest BCUT2D eigenvalue weighted by Gasteiger charge is 2.34. The fourth-order valence-corrected chi connectivity index (χ4v) is 5.01. The Bertz CT molecular complexity index is 1610. The van der Waals surface area contributed by atoms with E-state index in [4.69, 9.17) is 11.6 Å². The molecule has 0 saturated carbocycles. The van der Waals surface area contributed by atoms with Crippen molar-refractivity contribution in [3.05, 3.63) is 87.7 Å². The summed E-state index contributed by atoms with van der Waals surface area (Å²) in [4.78, 5) is 37.3. The summed E-state index contributed by atoms with van der Waals surface area (Å²) in [6.45, 7) is 4.88. The molecule has 1 aliphatic rings. The number of pyridine rings is 1. The van der Waals surface area contributed by atoms with Gasteiger partial charge in [0.15, 0.2) is 0 Å². The van der Waals surface area contributed by atoms with Gasteiger partial charge in [0.2, 0.25) is 0 Å². The molecule has 1 saturated heterocycles. The molecule has 2 aromatic carbocycles. The van der Waals surface area contributed by atoms with Crippen LogP contribution in [0.5, 0.6) is 0 Å². The average Bonchev–Trinajstić information content (AvgIpc) is 3.41. The number of amides is 2. The number of anilines is 2. The molecule has 3 N–H and O–H groups in total. The zero-order valence-electron chi connectivity index (χ0n) is 22.4. The summed E-state index contributed by atoms with van der Waals surface area (Å²) >= 11 is 6.40. The van der Waals surface area contributed by atoms with Gasteiger partial charge in [-0.1, -0.05) is 23.7 Å². The van der Waals surface area contributed by atoms with Crippen LogP contribution in [0.15, 0.2) is 54.9 Å². The Balaban J connectivity index is 1.33. The second kappa shape index (κ2) is 11.5. The molecule has 5 rings (SSSR count). The molecule has 4 aromatic rings. The number of halogens is 4. The van der Waals surface area contributed by atoms with Crippen molar-refractivity contribution in [2.24, 2.45) is 0 Å². The van der Waals surface area contributed by atoms with Crippen LogP contribution in [0.4, 0.5) is 24.5 Å². The third-order valence-corrected chi connectivity index (χ3v) is 7.58. The van der Waals surface area contributed by atoms with Crippen molar-refractivity contribution in [1.82, 2.24) is 19.8 Å². The lowest BCUT2D eigenvalue weighted by Gasteiger charge is -2.33. The van der Waals surface area contributed by atoms with Gasteiger partial charge in [0.05, 0.1) is 16.1 Å². The summed E-state index contributed by atoms with van der Waals surface area (Å²) in [7, 11) is 1.98. The van der Waals surface area contributed by atoms with Gasteiger partial charge in [-0.2, -0.15) is 13.2 Å². The smallest absolute Gasteiger partial charge is 0.346 e. The zero-order valence-corrected chi connectivity index (χ0v) is 23.2. The SMILES string of the molecule is Cc1ccc(C(=O)Nc2ccc(CN3CCN(C)CC3)c(C(F)(F)F)c2)cc1NC(=O)c1cnc2[nH]ccc2c1Cl. The maximum absolute atomic E-state index is 14.0. The van der Waals surface area contributed by atoms with Crippen LogP contribution >= 0.6 is 11.6 Å². The quantitative estimate of drug-likeness (QED) is 0.267. The van der Waals surface area contributed by atoms with Crippen molar-refractivity contribution in [3.63, 3.8) is 0 Å². The minimum Gasteiger partial charge on any atom is -0.346 e. The van der Waals surface area contributed by atoms with Crippen molar-refractivity contribution in [2.45, 2.75) is 19.6 Å². The Labute approximate surface area is 239 Å². The number of nitrogens with zero attached hydrogens (tertiary/aromatic N) is 3. The van der Waals surface area contributed by atoms with E-state index in [1.165, 1.54) is 30.5 Å². The number of fused-ring (bicyclic) bond motifs is 1. The van der Waals surface area contributed by atoms with Gasteiger partial charge in [-0.25, -0.2) is 4.98 Å². The number of H-pyrrole nitrogens is 1. The first-order valence-corrected chi connectivity index (χ1v) is 13.3. The van der Waals surface area contributed by atoms with Crippen LogP contribution < -0.4 is 10.6 Å². The predicted molar refractivity (Wildman–Crippen MR) is 152 cm³/mol. The minimum absolute atomic E-state index is 0.0216. The molecule has 214 valence electrons. The van der Waals surface area contributed by atoms with Crippen LogP contribution in [-0.4, -0.2) is 64.8 Å². The summed E-state index contributed by atoms with van der Waals surface area (Å²) in [5, 5.41) is 6.14. The van der Waals surface area contributed by atoms with Crippen molar-refractivity contribution in [3.8, 4) is 0 Å². The fourth-order valence-electron chi connectivity index (χ4n) is 4.73. The van der Waals surface area contributed by atoms with Crippen LogP contribution in [0.1, 0.15) is 37.4 Å². The van der Waals surface area contributed by atoms with E-state index in [2.05, 4.69) is 25.5 Å². The van der Waals surface area contributed by atoms with Gasteiger partial charge in [-0.3, -0.25) is 14.5 Å². The number of hydrogen-bond donors (Lipinski definition) is 3. The van der Waals surface area contributed by atoms with E-state index < -0.39 is 23.6 Å². The fraction of sp³-hybridized carbons (Fsp3) is 0.276. The van der Waals surface area contributed by atoms with Gasteiger partial charge >= 0.3 is 6.18 Å². The molecule has 0 bridgehead atoms. The first-order valence-electron chi connectivity index (χ1n) is 13.0. The lowest BCUT2D eigenvalue weighted by molar-refractivity contribution is -0.138. The number of likely N-dealkylation sites (N-methyl/N-ethyl adjacent to an activating group) is 1. The van der Waals surface area contributed by atoms with Crippen LogP contribution in [0.2, 0.25) is 5.02 Å². The summed E-state index contributed by atoms with van der Waals surface area (Å²) in [6, 6.07) is 10.2. The Hall–Kier alpha value is -3.93. The Kier molecular flexibility index (Phi) is 8.03. The normalized spacial score (nSPS) is 14.8. The third kappa shape index (κ3) is 6.37. The predicted octanol–water partition coefficient (Wildman–Crippen LogP) is 5.80. The lowest BCUT2D eigenvalue weighted by atomic mass is 10.0. The van der Waals surface area contributed by atoms with E-state index in [-0.39, 0.29) is 33.9 Å². The molecule has 2 amide bonds. The van der Waals surface area contributed by atoms with Crippen molar-refractivity contribution in [1.29, 1.82) is 0 Å². The number of rotatable bonds is 6. The van der Waals surface area contributed by atoms with Crippen molar-refractivity contribution >= 4 is 45.8 Å². The molecule has 0 unspecified atom stereocenters. The summed E-state index contributed by atoms with van der Waals surface area (Å²) in [6.07, 6.45) is -1.56. The van der Waals surface area contributed by atoms with E-state index >= 15 is 0 Å². The highest BCUT2D eigenvalue weighted by molar-refractivity contribution is 6.38. The van der Waals surface area contributed by atoms with Crippen molar-refractivity contribution < 1.29 is 22.8 Å². The van der Waals surface area contributed by atoms with Crippen molar-refractivity contribution in [2.75, 3.05) is 43.9 Å². The molecule has 0 radical (unpaired) electrons. The summed E-state index contributed by atoms with van der Waals surface area (Å²) in [5.41, 5.74) is 1.29. The molecular formula is C29H28ClF3N6O2. The number of carbonyl (C=O) groups excluding carboxylic acids is 2. The topological polar surface area (TPSA) is 93.4 Å². The third-order valence-electron chi connectivity index (χ3n) is 7.18. The molecule has 0 atom stereocenters. The lowest BCUT2D eigenvalue weighted by Crippen LogP contribution is -2.44. The second-order valence-electron chi connectivity index (χ2n) is 10.1.